The van der Waals surface area contributed by atoms with Gasteiger partial charge in [-0.25, -0.2) is 9.97 Å². The predicted octanol–water partition coefficient (Wildman–Crippen LogP) is 11.8. The van der Waals surface area contributed by atoms with Crippen LogP contribution >= 0.6 is 23.2 Å². The molecule has 0 aliphatic heterocycles. The van der Waals surface area contributed by atoms with Gasteiger partial charge >= 0.3 is 22.7 Å². The van der Waals surface area contributed by atoms with Crippen LogP contribution in [0.15, 0.2) is 115 Å². The normalized spacial score (nSPS) is 14.9. The molecule has 0 spiro atoms. The van der Waals surface area contributed by atoms with Gasteiger partial charge in [-0.3, -0.25) is 0 Å². The van der Waals surface area contributed by atoms with Crippen LogP contribution in [0.2, 0.25) is 10.0 Å². The standard InChI is InChI=1S/C26H24ClN3O.C20H21F3N2O4S.C7H5BClNO2.2CH4/c1-17-29-25(23(26(30-17)31-2)14-18-6-4-3-5-7-18)21-11-9-20(10-12-21)22-13-8-19(16-28)15-24(22)27;1-13-24-18(17(19(25-13)28-2)12-14-6-4-3-5-7-14)15-8-10-16(11-9-15)29-30(26,27)20(21,22)23;9-7-3-5(4-10)1-2-6(7)8(11)12;;/h3-9,13,15,21H,10-12,14H2,1-2H3;3-7,10,15H,8-9,11-12H2,1-2H3;1-3,11-12H;2*1H4. The second-order valence-electron chi connectivity index (χ2n) is 17.0. The number of halogens is 5. The lowest BCUT2D eigenvalue weighted by atomic mass is 9.80. The maximum atomic E-state index is 12.5. The number of aromatic nitrogens is 4. The summed E-state index contributed by atoms with van der Waals surface area (Å²) < 4.78 is 75.5. The molecule has 2 atom stereocenters. The lowest BCUT2D eigenvalue weighted by Crippen LogP contribution is -2.30. The Morgan fingerprint density at radius 3 is 1.55 bits per heavy atom. The summed E-state index contributed by atoms with van der Waals surface area (Å²) in [6.07, 6.45) is 8.43. The SMILES string of the molecule is C.C.COc1nc(C)nc(C2CC=C(OS(=O)(=O)C(F)(F)F)CC2)c1Cc1ccccc1.COc1nc(C)nc(C2CC=C(c3ccc(C#N)cc3Cl)CC2)c1Cc1ccccc1.N#Cc1ccc(B(O)O)c(Cl)c1. The zero-order valence-corrected chi connectivity index (χ0v) is 42.5. The Balaban J connectivity index is 0.000000261. The van der Waals surface area contributed by atoms with Crippen LogP contribution in [-0.2, 0) is 27.1 Å². The Morgan fingerprint density at radius 2 is 1.16 bits per heavy atom. The van der Waals surface area contributed by atoms with E-state index in [1.807, 2.05) is 73.7 Å². The predicted molar refractivity (Wildman–Crippen MR) is 286 cm³/mol. The van der Waals surface area contributed by atoms with Crippen LogP contribution in [0, 0.1) is 36.5 Å². The van der Waals surface area contributed by atoms with Gasteiger partial charge in [0.15, 0.2) is 0 Å². The van der Waals surface area contributed by atoms with Crippen LogP contribution in [0.1, 0.15) is 127 Å². The van der Waals surface area contributed by atoms with Crippen molar-refractivity contribution in [2.75, 3.05) is 14.2 Å². The molecule has 8 rings (SSSR count). The van der Waals surface area contributed by atoms with Gasteiger partial charge in [-0.2, -0.15) is 42.1 Å². The number of nitrogens with zero attached hydrogens (tertiary/aromatic N) is 6. The highest BCUT2D eigenvalue weighted by molar-refractivity contribution is 7.87. The number of hydrogen-bond acceptors (Lipinski definition) is 13. The lowest BCUT2D eigenvalue weighted by Gasteiger charge is -2.25. The number of aryl methyl sites for hydroxylation is 2. The van der Waals surface area contributed by atoms with Crippen LogP contribution in [0.4, 0.5) is 13.2 Å². The van der Waals surface area contributed by atoms with Crippen LogP contribution < -0.4 is 14.9 Å². The molecule has 0 fully saturated rings. The molecule has 2 aliphatic carbocycles. The summed E-state index contributed by atoms with van der Waals surface area (Å²) in [4.78, 5) is 18.3. The van der Waals surface area contributed by atoms with Crippen LogP contribution in [-0.4, -0.2) is 65.2 Å². The molecule has 0 amide bonds. The first kappa shape index (κ1) is 60.8. The van der Waals surface area contributed by atoms with E-state index < -0.39 is 22.7 Å². The molecule has 4 aromatic carbocycles. The van der Waals surface area contributed by atoms with Crippen molar-refractivity contribution in [2.45, 2.75) is 97.4 Å². The Morgan fingerprint density at radius 1 is 0.693 bits per heavy atom. The Kier molecular flexibility index (Phi) is 22.4. The molecule has 6 aromatic rings. The van der Waals surface area contributed by atoms with Crippen molar-refractivity contribution in [3.05, 3.63) is 187 Å². The molecule has 2 N–H and O–H groups in total. The summed E-state index contributed by atoms with van der Waals surface area (Å²) in [7, 11) is -4.06. The molecule has 2 unspecified atom stereocenters. The second-order valence-corrected chi connectivity index (χ2v) is 19.3. The van der Waals surface area contributed by atoms with Crippen molar-refractivity contribution >= 4 is 51.5 Å². The van der Waals surface area contributed by atoms with Gasteiger partial charge in [-0.1, -0.05) is 117 Å². The molecule has 0 bridgehead atoms. The third kappa shape index (κ3) is 16.1. The minimum absolute atomic E-state index is 0. The molecule has 75 heavy (non-hydrogen) atoms. The fourth-order valence-electron chi connectivity index (χ4n) is 8.43. The Bertz CT molecular complexity index is 3170. The van der Waals surface area contributed by atoms with Gasteiger partial charge in [-0.05, 0) is 98.6 Å². The van der Waals surface area contributed by atoms with Gasteiger partial charge in [0.05, 0.1) is 48.9 Å². The average molecular weight is 1090 g/mol. The van der Waals surface area contributed by atoms with E-state index in [1.165, 1.54) is 42.5 Å². The maximum absolute atomic E-state index is 12.5. The molecule has 13 nitrogen and oxygen atoms in total. The molecule has 2 aliphatic rings. The van der Waals surface area contributed by atoms with Crippen molar-refractivity contribution in [3.63, 3.8) is 0 Å². The number of ether oxygens (including phenoxy) is 2. The molecule has 0 saturated heterocycles. The smallest absolute Gasteiger partial charge is 0.481 e. The van der Waals surface area contributed by atoms with Gasteiger partial charge in [0.25, 0.3) is 0 Å². The number of rotatable bonds is 12. The molecular formula is C55H58BCl2F3N6O7S. The fourth-order valence-corrected chi connectivity index (χ4v) is 9.54. The van der Waals surface area contributed by atoms with E-state index in [0.29, 0.717) is 58.9 Å². The monoisotopic (exact) mass is 1080 g/mol. The molecule has 0 radical (unpaired) electrons. The van der Waals surface area contributed by atoms with E-state index in [-0.39, 0.29) is 43.4 Å². The quantitative estimate of drug-likeness (QED) is 0.0666. The zero-order chi connectivity index (χ0) is 52.9. The summed E-state index contributed by atoms with van der Waals surface area (Å²) in [5, 5.41) is 35.9. The summed E-state index contributed by atoms with van der Waals surface area (Å²) >= 11 is 12.1. The van der Waals surface area contributed by atoms with Gasteiger partial charge < -0.3 is 23.7 Å². The number of methoxy groups -OCH3 is 2. The van der Waals surface area contributed by atoms with Crippen LogP contribution in [0.5, 0.6) is 11.8 Å². The number of alkyl halides is 3. The fraction of sp³-hybridized carbons (Fsp3) is 0.309. The number of hydrogen-bond donors (Lipinski definition) is 2. The van der Waals surface area contributed by atoms with Crippen molar-refractivity contribution in [3.8, 4) is 23.9 Å². The third-order valence-electron chi connectivity index (χ3n) is 12.0. The topological polar surface area (TPSA) is 201 Å². The zero-order valence-electron chi connectivity index (χ0n) is 40.2. The van der Waals surface area contributed by atoms with Gasteiger partial charge in [0.1, 0.15) is 17.4 Å². The highest BCUT2D eigenvalue weighted by atomic mass is 35.5. The molecule has 2 heterocycles. The highest BCUT2D eigenvalue weighted by Crippen LogP contribution is 2.41. The molecule has 20 heteroatoms. The third-order valence-corrected chi connectivity index (χ3v) is 13.6. The first-order chi connectivity index (χ1) is 34.8. The summed E-state index contributed by atoms with van der Waals surface area (Å²) in [6, 6.07) is 33.9. The van der Waals surface area contributed by atoms with Crippen LogP contribution in [0.25, 0.3) is 5.57 Å². The van der Waals surface area contributed by atoms with Crippen molar-refractivity contribution in [1.29, 1.82) is 10.5 Å². The van der Waals surface area contributed by atoms with E-state index >= 15 is 0 Å². The van der Waals surface area contributed by atoms with E-state index in [2.05, 4.69) is 43.4 Å². The second kappa shape index (κ2) is 27.7. The van der Waals surface area contributed by atoms with Gasteiger partial charge in [0, 0.05) is 57.7 Å². The van der Waals surface area contributed by atoms with Crippen molar-refractivity contribution in [2.24, 2.45) is 0 Å². The summed E-state index contributed by atoms with van der Waals surface area (Å²) in [6.45, 7) is 3.65. The maximum Gasteiger partial charge on any atom is 0.534 e. The van der Waals surface area contributed by atoms with E-state index in [0.717, 1.165) is 65.1 Å². The van der Waals surface area contributed by atoms with Crippen LogP contribution in [0.3, 0.4) is 0 Å². The van der Waals surface area contributed by atoms with Crippen molar-refractivity contribution in [1.82, 2.24) is 19.9 Å². The van der Waals surface area contributed by atoms with E-state index in [1.54, 1.807) is 20.1 Å². The largest absolute Gasteiger partial charge is 0.534 e. The molecule has 0 saturated carbocycles. The van der Waals surface area contributed by atoms with Crippen molar-refractivity contribution < 1.29 is 45.3 Å². The number of nitriles is 2. The number of benzene rings is 4. The van der Waals surface area contributed by atoms with E-state index in [9.17, 15) is 21.6 Å². The average Bonchev–Trinajstić information content (AvgIpc) is 3.37. The summed E-state index contributed by atoms with van der Waals surface area (Å²) in [5.74, 6) is 2.34. The highest BCUT2D eigenvalue weighted by Gasteiger charge is 2.49. The minimum atomic E-state index is -5.66. The number of allylic oxidation sites excluding steroid dienone is 4. The first-order valence-corrected chi connectivity index (χ1v) is 25.1. The Labute approximate surface area is 447 Å². The molecule has 2 aromatic heterocycles. The lowest BCUT2D eigenvalue weighted by molar-refractivity contribution is -0.0524. The minimum Gasteiger partial charge on any atom is -0.481 e. The van der Waals surface area contributed by atoms with Gasteiger partial charge in [-0.15, -0.1) is 0 Å². The van der Waals surface area contributed by atoms with E-state index in [4.69, 9.17) is 58.2 Å². The first-order valence-electron chi connectivity index (χ1n) is 22.9. The molecular weight excluding hydrogens is 1030 g/mol. The summed E-state index contributed by atoms with van der Waals surface area (Å²) in [5.41, 5.74) is 3.92. The molecule has 394 valence electrons. The Hall–Kier alpha value is -6.80. The van der Waals surface area contributed by atoms with Gasteiger partial charge in [0.2, 0.25) is 11.8 Å².